The second-order valence-electron chi connectivity index (χ2n) is 14.4. The molecule has 0 unspecified atom stereocenters. The molecule has 49 heavy (non-hydrogen) atoms. The minimum atomic E-state index is -0.886. The molecule has 2 fully saturated rings. The summed E-state index contributed by atoms with van der Waals surface area (Å²) in [5, 5.41) is 14.9. The van der Waals surface area contributed by atoms with E-state index in [1.807, 2.05) is 6.07 Å². The highest BCUT2D eigenvalue weighted by atomic mass is 35.5. The van der Waals surface area contributed by atoms with Gasteiger partial charge in [0, 0.05) is 64.2 Å². The molecule has 14 heteroatoms. The lowest BCUT2D eigenvalue weighted by molar-refractivity contribution is 0.0724. The first-order valence-corrected chi connectivity index (χ1v) is 17.5. The zero-order valence-corrected chi connectivity index (χ0v) is 28.6. The molecule has 0 N–H and O–H groups in total. The van der Waals surface area contributed by atoms with Crippen molar-refractivity contribution in [1.29, 1.82) is 5.26 Å². The Bertz CT molecular complexity index is 1860. The molecule has 6 heterocycles. The first-order valence-electron chi connectivity index (χ1n) is 17.2. The summed E-state index contributed by atoms with van der Waals surface area (Å²) in [7, 11) is 3.34. The van der Waals surface area contributed by atoms with Gasteiger partial charge in [-0.3, -0.25) is 19.3 Å². The molecule has 5 aliphatic rings. The van der Waals surface area contributed by atoms with Crippen molar-refractivity contribution >= 4 is 23.3 Å². The Morgan fingerprint density at radius 2 is 2.04 bits per heavy atom. The van der Waals surface area contributed by atoms with Gasteiger partial charge in [-0.05, 0) is 50.3 Å². The summed E-state index contributed by atoms with van der Waals surface area (Å²) < 4.78 is 38.6. The zero-order chi connectivity index (χ0) is 34.1. The molecule has 3 atom stereocenters. The van der Waals surface area contributed by atoms with Gasteiger partial charge in [0.05, 0.1) is 46.6 Å². The van der Waals surface area contributed by atoms with Crippen LogP contribution in [-0.2, 0) is 38.0 Å². The first kappa shape index (κ1) is 32.4. The van der Waals surface area contributed by atoms with E-state index in [4.69, 9.17) is 26.3 Å². The fourth-order valence-corrected chi connectivity index (χ4v) is 9.35. The van der Waals surface area contributed by atoms with Gasteiger partial charge in [-0.15, -0.1) is 0 Å². The normalized spacial score (nSPS) is 26.2. The maximum atomic E-state index is 15.7. The number of hydrogen-bond donors (Lipinski definition) is 0. The Balaban J connectivity index is 1.21. The van der Waals surface area contributed by atoms with Gasteiger partial charge >= 0.3 is 6.01 Å². The summed E-state index contributed by atoms with van der Waals surface area (Å²) in [6.45, 7) is 3.56. The van der Waals surface area contributed by atoms with E-state index in [2.05, 4.69) is 25.9 Å². The highest BCUT2D eigenvalue weighted by molar-refractivity contribution is 6.34. The van der Waals surface area contributed by atoms with Gasteiger partial charge < -0.3 is 14.5 Å². The largest absolute Gasteiger partial charge is 0.461 e. The number of alkyl halides is 1. The van der Waals surface area contributed by atoms with E-state index in [1.54, 1.807) is 24.8 Å². The van der Waals surface area contributed by atoms with Gasteiger partial charge in [0.1, 0.15) is 24.4 Å². The summed E-state index contributed by atoms with van der Waals surface area (Å²) in [4.78, 5) is 30.8. The van der Waals surface area contributed by atoms with Crippen LogP contribution in [0, 0.1) is 17.1 Å². The number of halogens is 3. The molecule has 8 rings (SSSR count). The number of anilines is 1. The molecule has 2 aromatic heterocycles. The molecule has 1 aromatic carbocycles. The summed E-state index contributed by atoms with van der Waals surface area (Å²) in [6.07, 6.45) is 3.87. The Labute approximate surface area is 289 Å². The Morgan fingerprint density at radius 3 is 2.86 bits per heavy atom. The van der Waals surface area contributed by atoms with Crippen LogP contribution in [0.4, 0.5) is 14.6 Å². The minimum Gasteiger partial charge on any atom is -0.461 e. The molecule has 2 saturated heterocycles. The molecule has 1 amide bonds. The van der Waals surface area contributed by atoms with Crippen LogP contribution < -0.4 is 9.64 Å². The Kier molecular flexibility index (Phi) is 8.04. The highest BCUT2D eigenvalue weighted by Gasteiger charge is 2.51. The number of rotatable bonds is 6. The van der Waals surface area contributed by atoms with Crippen LogP contribution in [-0.4, -0.2) is 98.9 Å². The van der Waals surface area contributed by atoms with Crippen molar-refractivity contribution in [2.45, 2.75) is 81.8 Å². The third-order valence-corrected chi connectivity index (χ3v) is 11.8. The van der Waals surface area contributed by atoms with Crippen molar-refractivity contribution < 1.29 is 18.3 Å². The smallest absolute Gasteiger partial charge is 0.318 e. The summed E-state index contributed by atoms with van der Waals surface area (Å²) in [6, 6.07) is 7.75. The molecule has 0 radical (unpaired) electrons. The van der Waals surface area contributed by atoms with E-state index in [1.165, 1.54) is 11.0 Å². The third kappa shape index (κ3) is 5.25. The van der Waals surface area contributed by atoms with Crippen molar-refractivity contribution in [3.05, 3.63) is 62.8 Å². The van der Waals surface area contributed by atoms with Crippen LogP contribution in [0.15, 0.2) is 18.2 Å². The van der Waals surface area contributed by atoms with E-state index in [-0.39, 0.29) is 42.1 Å². The summed E-state index contributed by atoms with van der Waals surface area (Å²) in [5.41, 5.74) is 3.03. The quantitative estimate of drug-likeness (QED) is 0.351. The third-order valence-electron chi connectivity index (χ3n) is 11.4. The number of carbonyl (C=O) groups is 1. The van der Waals surface area contributed by atoms with E-state index < -0.39 is 11.7 Å². The Morgan fingerprint density at radius 1 is 1.18 bits per heavy atom. The van der Waals surface area contributed by atoms with E-state index in [0.29, 0.717) is 80.5 Å². The number of ether oxygens (including phenoxy) is 1. The predicted molar refractivity (Wildman–Crippen MR) is 178 cm³/mol. The molecular weight excluding hydrogens is 652 g/mol. The number of aryl methyl sites for hydroxylation is 2. The molecular formula is C35H40ClF2N9O2. The second-order valence-corrected chi connectivity index (χ2v) is 14.8. The van der Waals surface area contributed by atoms with Gasteiger partial charge in [-0.25, -0.2) is 8.78 Å². The van der Waals surface area contributed by atoms with Crippen LogP contribution >= 0.6 is 11.6 Å². The average molecular weight is 692 g/mol. The SMILES string of the molecule is CN(C)C(=O)c1nn2c(c1Cl)CN(c1nc(OC[C@@]34CCCN3C[C@H](F)C4)nc3c1CN(CC#N)[C@@]1(CCc4cccc(F)c41)C3)CCC2. The first-order chi connectivity index (χ1) is 23.6. The highest BCUT2D eigenvalue weighted by Crippen LogP contribution is 2.50. The summed E-state index contributed by atoms with van der Waals surface area (Å²) >= 11 is 6.85. The van der Waals surface area contributed by atoms with Crippen LogP contribution in [0.5, 0.6) is 6.01 Å². The van der Waals surface area contributed by atoms with Crippen molar-refractivity contribution in [2.75, 3.05) is 51.8 Å². The molecule has 4 aliphatic heterocycles. The molecule has 1 aliphatic carbocycles. The van der Waals surface area contributed by atoms with Crippen LogP contribution in [0.25, 0.3) is 0 Å². The molecule has 0 bridgehead atoms. The number of hydrogen-bond acceptors (Lipinski definition) is 9. The predicted octanol–water partition coefficient (Wildman–Crippen LogP) is 4.26. The van der Waals surface area contributed by atoms with Gasteiger partial charge in [-0.2, -0.15) is 20.3 Å². The summed E-state index contributed by atoms with van der Waals surface area (Å²) in [5.74, 6) is 0.121. The van der Waals surface area contributed by atoms with Crippen molar-refractivity contribution in [3.8, 4) is 12.1 Å². The molecule has 1 spiro atoms. The number of fused-ring (bicyclic) bond motifs is 5. The maximum absolute atomic E-state index is 15.7. The number of aromatic nitrogens is 4. The number of benzene rings is 1. The fourth-order valence-electron chi connectivity index (χ4n) is 9.07. The van der Waals surface area contributed by atoms with Crippen LogP contribution in [0.2, 0.25) is 5.02 Å². The van der Waals surface area contributed by atoms with Gasteiger partial charge in [0.25, 0.3) is 5.91 Å². The van der Waals surface area contributed by atoms with Crippen molar-refractivity contribution in [1.82, 2.24) is 34.4 Å². The van der Waals surface area contributed by atoms with Crippen molar-refractivity contribution in [2.24, 2.45) is 0 Å². The average Bonchev–Trinajstić information content (AvgIpc) is 3.76. The lowest BCUT2D eigenvalue weighted by Gasteiger charge is -2.45. The van der Waals surface area contributed by atoms with Crippen LogP contribution in [0.1, 0.15) is 70.7 Å². The van der Waals surface area contributed by atoms with E-state index in [0.717, 1.165) is 42.6 Å². The van der Waals surface area contributed by atoms with Gasteiger partial charge in [0.15, 0.2) is 5.69 Å². The number of amides is 1. The van der Waals surface area contributed by atoms with Crippen LogP contribution in [0.3, 0.4) is 0 Å². The molecule has 3 aromatic rings. The number of nitriles is 1. The second kappa shape index (κ2) is 12.2. The van der Waals surface area contributed by atoms with Gasteiger partial charge in [-0.1, -0.05) is 23.7 Å². The maximum Gasteiger partial charge on any atom is 0.318 e. The fraction of sp³-hybridized carbons (Fsp3) is 0.571. The topological polar surface area (TPSA) is 107 Å². The standard InChI is InChI=1S/C35H40ClF2N9O2/c1-43(2)32(48)30-29(36)27-20-44(12-5-14-47(27)42-30)31-24-19-46(15-11-39)35(10-8-22-6-3-7-25(38)28(22)35)17-26(24)40-33(41-31)49-21-34-9-4-13-45(34)18-23(37)16-34/h3,6-7,23H,4-5,8-10,12-21H2,1-2H3/t23-,34+,35+/m1/s1. The minimum absolute atomic E-state index is 0.113. The number of carbonyl (C=O) groups excluding carboxylic acids is 1. The molecule has 258 valence electrons. The monoisotopic (exact) mass is 691 g/mol. The molecule has 0 saturated carbocycles. The van der Waals surface area contributed by atoms with Gasteiger partial charge in [0.2, 0.25) is 0 Å². The zero-order valence-electron chi connectivity index (χ0n) is 27.9. The Hall–Kier alpha value is -3.86. The van der Waals surface area contributed by atoms with E-state index >= 15 is 4.39 Å². The number of nitrogens with zero attached hydrogens (tertiary/aromatic N) is 9. The lowest BCUT2D eigenvalue weighted by atomic mass is 9.80. The van der Waals surface area contributed by atoms with Crippen molar-refractivity contribution in [3.63, 3.8) is 0 Å². The van der Waals surface area contributed by atoms with E-state index in [9.17, 15) is 14.4 Å². The molecule has 11 nitrogen and oxygen atoms in total. The lowest BCUT2D eigenvalue weighted by Crippen LogP contribution is -2.50.